The second-order valence-electron chi connectivity index (χ2n) is 5.06. The SMILES string of the molecule is CCOC(=O)c1cnc2ccc(Cl)cc2c1Nc1ccc(I)cc1. The van der Waals surface area contributed by atoms with Crippen LogP contribution in [0.5, 0.6) is 0 Å². The largest absolute Gasteiger partial charge is 0.462 e. The Bertz CT molecular complexity index is 897. The Morgan fingerprint density at radius 3 is 2.71 bits per heavy atom. The first-order chi connectivity index (χ1) is 11.6. The highest BCUT2D eigenvalue weighted by Crippen LogP contribution is 2.31. The fourth-order valence-corrected chi connectivity index (χ4v) is 2.87. The molecule has 4 nitrogen and oxygen atoms in total. The molecule has 0 atom stereocenters. The van der Waals surface area contributed by atoms with Gasteiger partial charge in [0, 0.05) is 25.9 Å². The maximum Gasteiger partial charge on any atom is 0.341 e. The molecule has 24 heavy (non-hydrogen) atoms. The Kier molecular flexibility index (Phi) is 5.20. The van der Waals surface area contributed by atoms with E-state index in [1.807, 2.05) is 30.3 Å². The fourth-order valence-electron chi connectivity index (χ4n) is 2.34. The van der Waals surface area contributed by atoms with Crippen molar-refractivity contribution < 1.29 is 9.53 Å². The van der Waals surface area contributed by atoms with Gasteiger partial charge < -0.3 is 10.1 Å². The van der Waals surface area contributed by atoms with Gasteiger partial charge in [-0.1, -0.05) is 11.6 Å². The predicted molar refractivity (Wildman–Crippen MR) is 105 cm³/mol. The molecule has 0 saturated carbocycles. The molecule has 3 rings (SSSR count). The number of anilines is 2. The lowest BCUT2D eigenvalue weighted by atomic mass is 10.1. The Balaban J connectivity index is 2.16. The van der Waals surface area contributed by atoms with Gasteiger partial charge in [-0.05, 0) is 72.0 Å². The van der Waals surface area contributed by atoms with E-state index in [9.17, 15) is 4.79 Å². The number of pyridine rings is 1. The van der Waals surface area contributed by atoms with Crippen LogP contribution in [0, 0.1) is 3.57 Å². The first-order valence-electron chi connectivity index (χ1n) is 7.36. The van der Waals surface area contributed by atoms with E-state index >= 15 is 0 Å². The summed E-state index contributed by atoms with van der Waals surface area (Å²) in [7, 11) is 0. The van der Waals surface area contributed by atoms with Gasteiger partial charge in [-0.25, -0.2) is 4.79 Å². The molecule has 6 heteroatoms. The monoisotopic (exact) mass is 452 g/mol. The Morgan fingerprint density at radius 1 is 1.25 bits per heavy atom. The molecule has 122 valence electrons. The van der Waals surface area contributed by atoms with Gasteiger partial charge in [0.1, 0.15) is 5.56 Å². The molecule has 0 radical (unpaired) electrons. The first kappa shape index (κ1) is 17.0. The molecule has 1 N–H and O–H groups in total. The quantitative estimate of drug-likeness (QED) is 0.425. The number of esters is 1. The lowest BCUT2D eigenvalue weighted by Gasteiger charge is -2.14. The molecule has 2 aromatic carbocycles. The van der Waals surface area contributed by atoms with Crippen molar-refractivity contribution in [1.82, 2.24) is 4.98 Å². The van der Waals surface area contributed by atoms with Crippen LogP contribution >= 0.6 is 34.2 Å². The van der Waals surface area contributed by atoms with Crippen LogP contribution in [-0.4, -0.2) is 17.6 Å². The molecular weight excluding hydrogens is 439 g/mol. The number of halogens is 2. The highest BCUT2D eigenvalue weighted by atomic mass is 127. The molecule has 0 spiro atoms. The Hall–Kier alpha value is -1.86. The van der Waals surface area contributed by atoms with Gasteiger partial charge in [-0.2, -0.15) is 0 Å². The van der Waals surface area contributed by atoms with Crippen LogP contribution in [0.4, 0.5) is 11.4 Å². The van der Waals surface area contributed by atoms with Crippen molar-refractivity contribution >= 4 is 62.4 Å². The predicted octanol–water partition coefficient (Wildman–Crippen LogP) is 5.41. The van der Waals surface area contributed by atoms with Gasteiger partial charge in [-0.15, -0.1) is 0 Å². The third-order valence-electron chi connectivity index (χ3n) is 3.44. The van der Waals surface area contributed by atoms with Crippen molar-refractivity contribution in [2.24, 2.45) is 0 Å². The van der Waals surface area contributed by atoms with E-state index < -0.39 is 5.97 Å². The van der Waals surface area contributed by atoms with Crippen LogP contribution < -0.4 is 5.32 Å². The number of hydrogen-bond donors (Lipinski definition) is 1. The second-order valence-corrected chi connectivity index (χ2v) is 6.74. The highest BCUT2D eigenvalue weighted by molar-refractivity contribution is 14.1. The Labute approximate surface area is 158 Å². The van der Waals surface area contributed by atoms with E-state index in [0.717, 1.165) is 20.2 Å². The smallest absolute Gasteiger partial charge is 0.341 e. The van der Waals surface area contributed by atoms with Crippen molar-refractivity contribution in [3.05, 3.63) is 62.8 Å². The maximum atomic E-state index is 12.3. The fraction of sp³-hybridized carbons (Fsp3) is 0.111. The maximum absolute atomic E-state index is 12.3. The van der Waals surface area contributed by atoms with E-state index in [1.54, 1.807) is 19.1 Å². The van der Waals surface area contributed by atoms with Gasteiger partial charge in [-0.3, -0.25) is 4.98 Å². The molecule has 0 aliphatic carbocycles. The number of aromatic nitrogens is 1. The third kappa shape index (κ3) is 3.62. The van der Waals surface area contributed by atoms with E-state index in [4.69, 9.17) is 16.3 Å². The van der Waals surface area contributed by atoms with Gasteiger partial charge in [0.15, 0.2) is 0 Å². The molecular formula is C18H14ClIN2O2. The van der Waals surface area contributed by atoms with Gasteiger partial charge in [0.25, 0.3) is 0 Å². The van der Waals surface area contributed by atoms with Crippen LogP contribution in [0.3, 0.4) is 0 Å². The summed E-state index contributed by atoms with van der Waals surface area (Å²) in [4.78, 5) is 16.6. The minimum absolute atomic E-state index is 0.301. The van der Waals surface area contributed by atoms with E-state index in [1.165, 1.54) is 6.20 Å². The van der Waals surface area contributed by atoms with Crippen LogP contribution in [-0.2, 0) is 4.74 Å². The molecule has 1 aromatic heterocycles. The normalized spacial score (nSPS) is 10.6. The summed E-state index contributed by atoms with van der Waals surface area (Å²) in [5, 5.41) is 4.66. The van der Waals surface area contributed by atoms with Gasteiger partial charge in [0.05, 0.1) is 17.8 Å². The molecule has 1 heterocycles. The van der Waals surface area contributed by atoms with Crippen molar-refractivity contribution in [2.75, 3.05) is 11.9 Å². The first-order valence-corrected chi connectivity index (χ1v) is 8.82. The molecule has 0 amide bonds. The summed E-state index contributed by atoms with van der Waals surface area (Å²) in [5.41, 5.74) is 2.64. The zero-order chi connectivity index (χ0) is 17.1. The molecule has 0 bridgehead atoms. The van der Waals surface area contributed by atoms with Crippen molar-refractivity contribution in [1.29, 1.82) is 0 Å². The van der Waals surface area contributed by atoms with E-state index in [0.29, 0.717) is 22.9 Å². The van der Waals surface area contributed by atoms with Crippen molar-refractivity contribution in [2.45, 2.75) is 6.92 Å². The lowest BCUT2D eigenvalue weighted by molar-refractivity contribution is 0.0527. The highest BCUT2D eigenvalue weighted by Gasteiger charge is 2.17. The zero-order valence-electron chi connectivity index (χ0n) is 12.8. The average molecular weight is 453 g/mol. The number of benzene rings is 2. The molecule has 0 fully saturated rings. The van der Waals surface area contributed by atoms with Crippen molar-refractivity contribution in [3.63, 3.8) is 0 Å². The summed E-state index contributed by atoms with van der Waals surface area (Å²) in [6, 6.07) is 13.3. The standard InChI is InChI=1S/C18H14ClIN2O2/c1-2-24-18(23)15-10-21-16-8-3-11(19)9-14(16)17(15)22-13-6-4-12(20)5-7-13/h3-10H,2H2,1H3,(H,21,22). The minimum Gasteiger partial charge on any atom is -0.462 e. The van der Waals surface area contributed by atoms with Crippen LogP contribution in [0.25, 0.3) is 10.9 Å². The molecule has 0 aliphatic rings. The molecule has 0 unspecified atom stereocenters. The van der Waals surface area contributed by atoms with Crippen LogP contribution in [0.2, 0.25) is 5.02 Å². The summed E-state index contributed by atoms with van der Waals surface area (Å²) < 4.78 is 6.28. The number of rotatable bonds is 4. The number of fused-ring (bicyclic) bond motifs is 1. The number of ether oxygens (including phenoxy) is 1. The van der Waals surface area contributed by atoms with Gasteiger partial charge in [0.2, 0.25) is 0 Å². The van der Waals surface area contributed by atoms with Crippen LogP contribution in [0.15, 0.2) is 48.7 Å². The number of nitrogens with one attached hydrogen (secondary N) is 1. The lowest BCUT2D eigenvalue weighted by Crippen LogP contribution is -2.09. The average Bonchev–Trinajstić information content (AvgIpc) is 2.57. The topological polar surface area (TPSA) is 51.2 Å². The Morgan fingerprint density at radius 2 is 2.00 bits per heavy atom. The minimum atomic E-state index is -0.417. The molecule has 0 aliphatic heterocycles. The summed E-state index contributed by atoms with van der Waals surface area (Å²) in [6.07, 6.45) is 1.53. The van der Waals surface area contributed by atoms with E-state index in [2.05, 4.69) is 32.9 Å². The number of carbonyl (C=O) groups is 1. The van der Waals surface area contributed by atoms with Crippen LogP contribution in [0.1, 0.15) is 17.3 Å². The van der Waals surface area contributed by atoms with E-state index in [-0.39, 0.29) is 0 Å². The second kappa shape index (κ2) is 7.36. The summed E-state index contributed by atoms with van der Waals surface area (Å²) >= 11 is 8.38. The number of hydrogen-bond acceptors (Lipinski definition) is 4. The number of carbonyl (C=O) groups excluding carboxylic acids is 1. The number of nitrogens with zero attached hydrogens (tertiary/aromatic N) is 1. The molecule has 3 aromatic rings. The molecule has 0 saturated heterocycles. The summed E-state index contributed by atoms with van der Waals surface area (Å²) in [6.45, 7) is 2.07. The van der Waals surface area contributed by atoms with Crippen molar-refractivity contribution in [3.8, 4) is 0 Å². The third-order valence-corrected chi connectivity index (χ3v) is 4.39. The zero-order valence-corrected chi connectivity index (χ0v) is 15.8. The van der Waals surface area contributed by atoms with Gasteiger partial charge >= 0.3 is 5.97 Å². The summed E-state index contributed by atoms with van der Waals surface area (Å²) in [5.74, 6) is -0.417.